The summed E-state index contributed by atoms with van der Waals surface area (Å²) in [6.07, 6.45) is 0.968. The van der Waals surface area contributed by atoms with E-state index in [1.807, 2.05) is 61.5 Å². The molecule has 0 radical (unpaired) electrons. The molecule has 0 spiro atoms. The normalized spacial score (nSPS) is 22.5. The van der Waals surface area contributed by atoms with Gasteiger partial charge in [0.1, 0.15) is 18.3 Å². The Morgan fingerprint density at radius 3 is 2.45 bits per heavy atom. The van der Waals surface area contributed by atoms with E-state index in [2.05, 4.69) is 0 Å². The second-order valence-electron chi connectivity index (χ2n) is 8.41. The van der Waals surface area contributed by atoms with E-state index < -0.39 is 11.8 Å². The van der Waals surface area contributed by atoms with Crippen LogP contribution in [0, 0.1) is 5.92 Å². The van der Waals surface area contributed by atoms with Crippen molar-refractivity contribution in [1.29, 1.82) is 0 Å². The Kier molecular flexibility index (Phi) is 7.04. The summed E-state index contributed by atoms with van der Waals surface area (Å²) >= 11 is 0. The van der Waals surface area contributed by atoms with Gasteiger partial charge in [-0.25, -0.2) is 0 Å². The van der Waals surface area contributed by atoms with E-state index in [0.29, 0.717) is 30.7 Å². The lowest BCUT2D eigenvalue weighted by molar-refractivity contribution is -0.147. The zero-order valence-corrected chi connectivity index (χ0v) is 19.2. The maximum atomic E-state index is 13.6. The summed E-state index contributed by atoms with van der Waals surface area (Å²) < 4.78 is 16.0. The summed E-state index contributed by atoms with van der Waals surface area (Å²) in [4.78, 5) is 31.5. The first-order valence-corrected chi connectivity index (χ1v) is 11.2. The fourth-order valence-electron chi connectivity index (χ4n) is 4.92. The van der Waals surface area contributed by atoms with Crippen molar-refractivity contribution in [2.24, 2.45) is 10.9 Å². The molecule has 0 saturated carbocycles. The van der Waals surface area contributed by atoms with Crippen molar-refractivity contribution in [2.75, 3.05) is 27.4 Å². The Labute approximate surface area is 194 Å². The Balaban J connectivity index is 1.74. The minimum Gasteiger partial charge on any atom is -0.496 e. The monoisotopic (exact) mass is 447 g/mol. The third kappa shape index (κ3) is 4.62. The molecule has 2 aliphatic rings. The smallest absolute Gasteiger partial charge is 0.315 e. The molecule has 0 aromatic heterocycles. The van der Waals surface area contributed by atoms with Gasteiger partial charge in [0.15, 0.2) is 5.78 Å². The van der Waals surface area contributed by atoms with Crippen LogP contribution in [-0.4, -0.2) is 44.9 Å². The van der Waals surface area contributed by atoms with Gasteiger partial charge in [-0.15, -0.1) is 0 Å². The van der Waals surface area contributed by atoms with Crippen molar-refractivity contribution in [3.8, 4) is 5.75 Å². The summed E-state index contributed by atoms with van der Waals surface area (Å²) in [6.45, 7) is 2.33. The van der Waals surface area contributed by atoms with Crippen LogP contribution in [0.3, 0.4) is 0 Å². The van der Waals surface area contributed by atoms with Gasteiger partial charge in [-0.1, -0.05) is 48.5 Å². The number of carbonyl (C=O) groups excluding carboxylic acids is 2. The van der Waals surface area contributed by atoms with Crippen LogP contribution >= 0.6 is 0 Å². The molecule has 1 aliphatic carbocycles. The molecule has 4 rings (SSSR count). The van der Waals surface area contributed by atoms with Crippen LogP contribution in [0.2, 0.25) is 0 Å². The minimum absolute atomic E-state index is 0.0203. The molecule has 0 fully saturated rings. The van der Waals surface area contributed by atoms with E-state index in [4.69, 9.17) is 19.2 Å². The lowest BCUT2D eigenvalue weighted by Crippen LogP contribution is -2.38. The highest BCUT2D eigenvalue weighted by Crippen LogP contribution is 2.47. The zero-order valence-electron chi connectivity index (χ0n) is 19.2. The number of ketones is 1. The fourth-order valence-corrected chi connectivity index (χ4v) is 4.92. The van der Waals surface area contributed by atoms with Crippen molar-refractivity contribution < 1.29 is 23.8 Å². The van der Waals surface area contributed by atoms with E-state index in [-0.39, 0.29) is 24.3 Å². The van der Waals surface area contributed by atoms with Crippen molar-refractivity contribution in [3.63, 3.8) is 0 Å². The first kappa shape index (κ1) is 22.9. The topological polar surface area (TPSA) is 74.2 Å². The van der Waals surface area contributed by atoms with Gasteiger partial charge in [-0.3, -0.25) is 14.6 Å². The average molecular weight is 448 g/mol. The molecule has 3 atom stereocenters. The van der Waals surface area contributed by atoms with E-state index in [9.17, 15) is 9.59 Å². The number of benzene rings is 2. The maximum absolute atomic E-state index is 13.6. The van der Waals surface area contributed by atoms with Gasteiger partial charge in [0, 0.05) is 42.3 Å². The Bertz CT molecular complexity index is 1090. The quantitative estimate of drug-likeness (QED) is 0.463. The summed E-state index contributed by atoms with van der Waals surface area (Å²) in [5.41, 5.74) is 3.97. The van der Waals surface area contributed by atoms with Crippen molar-refractivity contribution >= 4 is 17.5 Å². The average Bonchev–Trinajstić information content (AvgIpc) is 2.83. The summed E-state index contributed by atoms with van der Waals surface area (Å²) in [5.74, 6) is -0.671. The Hall–Kier alpha value is -3.25. The van der Waals surface area contributed by atoms with Crippen molar-refractivity contribution in [3.05, 3.63) is 77.0 Å². The van der Waals surface area contributed by atoms with Crippen LogP contribution in [0.15, 0.2) is 70.9 Å². The number of esters is 1. The summed E-state index contributed by atoms with van der Waals surface area (Å²) in [6, 6.07) is 17.5. The number of Topliss-reactive ketones (excluding diaryl/α,β-unsaturated/α-hetero) is 1. The highest BCUT2D eigenvalue weighted by Gasteiger charge is 2.44. The third-order valence-corrected chi connectivity index (χ3v) is 6.41. The molecule has 172 valence electrons. The molecule has 0 amide bonds. The number of hydrogen-bond donors (Lipinski definition) is 0. The van der Waals surface area contributed by atoms with Gasteiger partial charge >= 0.3 is 5.97 Å². The number of para-hydroxylation sites is 1. The van der Waals surface area contributed by atoms with Gasteiger partial charge < -0.3 is 14.2 Å². The van der Waals surface area contributed by atoms with Crippen molar-refractivity contribution in [1.82, 2.24) is 0 Å². The molecule has 0 saturated heterocycles. The number of hydrogen-bond acceptors (Lipinski definition) is 6. The molecule has 1 aliphatic heterocycles. The van der Waals surface area contributed by atoms with Gasteiger partial charge in [-0.2, -0.15) is 0 Å². The summed E-state index contributed by atoms with van der Waals surface area (Å²) in [7, 11) is 3.20. The number of ether oxygens (including phenoxy) is 3. The molecule has 6 nitrogen and oxygen atoms in total. The predicted octanol–water partition coefficient (Wildman–Crippen LogP) is 4.46. The lowest BCUT2D eigenvalue weighted by Gasteiger charge is -2.36. The lowest BCUT2D eigenvalue weighted by atomic mass is 9.69. The minimum atomic E-state index is -0.644. The molecule has 2 aromatic carbocycles. The fraction of sp³-hybridized carbons (Fsp3) is 0.370. The third-order valence-electron chi connectivity index (χ3n) is 6.41. The molecule has 0 N–H and O–H groups in total. The van der Waals surface area contributed by atoms with Gasteiger partial charge in [-0.05, 0) is 30.5 Å². The molecule has 2 aromatic rings. The molecule has 1 heterocycles. The number of methoxy groups -OCH3 is 2. The molecule has 0 bridgehead atoms. The van der Waals surface area contributed by atoms with E-state index in [0.717, 1.165) is 22.6 Å². The van der Waals surface area contributed by atoms with Gasteiger partial charge in [0.2, 0.25) is 0 Å². The Morgan fingerprint density at radius 2 is 1.73 bits per heavy atom. The maximum Gasteiger partial charge on any atom is 0.315 e. The van der Waals surface area contributed by atoms with Crippen LogP contribution in [0.25, 0.3) is 0 Å². The van der Waals surface area contributed by atoms with Crippen LogP contribution in [0.5, 0.6) is 5.75 Å². The first-order chi connectivity index (χ1) is 16.0. The largest absolute Gasteiger partial charge is 0.496 e. The van der Waals surface area contributed by atoms with Gasteiger partial charge in [0.25, 0.3) is 0 Å². The van der Waals surface area contributed by atoms with E-state index in [1.165, 1.54) is 0 Å². The first-order valence-electron chi connectivity index (χ1n) is 11.2. The molecular weight excluding hydrogens is 418 g/mol. The zero-order chi connectivity index (χ0) is 23.4. The highest BCUT2D eigenvalue weighted by atomic mass is 16.6. The van der Waals surface area contributed by atoms with E-state index in [1.54, 1.807) is 14.2 Å². The standard InChI is InChI=1S/C27H29NO5/c1-17-24(27(30)33-14-13-31-2)25(18-9-5-4-6-10-18)26-21(28-17)15-19(16-22(26)29)20-11-7-8-12-23(20)32-3/h4-12,19,24-25H,13-16H2,1-3H3. The van der Waals surface area contributed by atoms with Crippen LogP contribution < -0.4 is 4.74 Å². The van der Waals surface area contributed by atoms with Gasteiger partial charge in [0.05, 0.1) is 13.7 Å². The molecule has 33 heavy (non-hydrogen) atoms. The van der Waals surface area contributed by atoms with E-state index >= 15 is 0 Å². The van der Waals surface area contributed by atoms with Crippen LogP contribution in [0.1, 0.15) is 42.7 Å². The molecule has 3 unspecified atom stereocenters. The Morgan fingerprint density at radius 1 is 1.00 bits per heavy atom. The van der Waals surface area contributed by atoms with Crippen LogP contribution in [-0.2, 0) is 19.1 Å². The number of carbonyl (C=O) groups is 2. The summed E-state index contributed by atoms with van der Waals surface area (Å²) in [5, 5.41) is 0. The SMILES string of the molecule is COCCOC(=O)C1C(C)=NC2=C(C(=O)CC(c3ccccc3OC)C2)C1c1ccccc1. The number of rotatable bonds is 7. The number of allylic oxidation sites excluding steroid dienone is 2. The highest BCUT2D eigenvalue weighted by molar-refractivity contribution is 6.09. The predicted molar refractivity (Wildman–Crippen MR) is 126 cm³/mol. The second kappa shape index (κ2) is 10.1. The van der Waals surface area contributed by atoms with Crippen molar-refractivity contribution in [2.45, 2.75) is 31.6 Å². The molecule has 6 heteroatoms. The molecular formula is C27H29NO5. The second-order valence-corrected chi connectivity index (χ2v) is 8.41. The number of aliphatic imine (C=N–C) groups is 1. The number of nitrogens with zero attached hydrogens (tertiary/aromatic N) is 1. The van der Waals surface area contributed by atoms with Crippen LogP contribution in [0.4, 0.5) is 0 Å².